The van der Waals surface area contributed by atoms with E-state index in [0.29, 0.717) is 16.9 Å². The third kappa shape index (κ3) is 5.54. The van der Waals surface area contributed by atoms with E-state index in [1.54, 1.807) is 37.3 Å². The molecule has 0 spiro atoms. The lowest BCUT2D eigenvalue weighted by Gasteiger charge is -2.18. The summed E-state index contributed by atoms with van der Waals surface area (Å²) in [7, 11) is 0. The van der Waals surface area contributed by atoms with E-state index in [4.69, 9.17) is 8.83 Å². The highest BCUT2D eigenvalue weighted by molar-refractivity contribution is 7.99. The van der Waals surface area contributed by atoms with Gasteiger partial charge in [0.2, 0.25) is 0 Å². The first kappa shape index (κ1) is 23.3. The molecule has 4 aromatic rings. The molecule has 0 N–H and O–H groups in total. The number of alkyl halides is 3. The Morgan fingerprint density at radius 3 is 2.62 bits per heavy atom. The van der Waals surface area contributed by atoms with Crippen molar-refractivity contribution in [1.82, 2.24) is 10.2 Å². The zero-order chi connectivity index (χ0) is 24.1. The Balaban J connectivity index is 1.55. The largest absolute Gasteiger partial charge is 0.469 e. The highest BCUT2D eigenvalue weighted by Crippen LogP contribution is 2.32. The first-order valence-corrected chi connectivity index (χ1v) is 10.9. The van der Waals surface area contributed by atoms with Crippen LogP contribution in [0.3, 0.4) is 0 Å². The lowest BCUT2D eigenvalue weighted by molar-refractivity contribution is -0.137. The Labute approximate surface area is 196 Å². The van der Waals surface area contributed by atoms with Gasteiger partial charge in [-0.15, -0.1) is 10.2 Å². The van der Waals surface area contributed by atoms with E-state index in [1.165, 1.54) is 24.6 Å². The van der Waals surface area contributed by atoms with Gasteiger partial charge in [0.05, 0.1) is 35.0 Å². The van der Waals surface area contributed by atoms with Crippen LogP contribution < -0.4 is 5.01 Å². The summed E-state index contributed by atoms with van der Waals surface area (Å²) in [4.78, 5) is 13.0. The summed E-state index contributed by atoms with van der Waals surface area (Å²) in [5.74, 6) is 0.0602. The Morgan fingerprint density at radius 1 is 1.12 bits per heavy atom. The van der Waals surface area contributed by atoms with Gasteiger partial charge in [-0.3, -0.25) is 4.79 Å². The topological polar surface area (TPSA) is 84.7 Å². The molecule has 0 aliphatic rings. The Kier molecular flexibility index (Phi) is 6.82. The number of aromatic nitrogens is 2. The van der Waals surface area contributed by atoms with Crippen LogP contribution in [0.4, 0.5) is 18.9 Å². The lowest BCUT2D eigenvalue weighted by atomic mass is 10.2. The van der Waals surface area contributed by atoms with E-state index in [0.717, 1.165) is 28.9 Å². The predicted molar refractivity (Wildman–Crippen MR) is 120 cm³/mol. The predicted octanol–water partition coefficient (Wildman–Crippen LogP) is 5.82. The maximum atomic E-state index is 13.2. The molecule has 34 heavy (non-hydrogen) atoms. The average Bonchev–Trinajstić information content (AvgIpc) is 3.47. The van der Waals surface area contributed by atoms with Crippen molar-refractivity contribution >= 4 is 29.6 Å². The van der Waals surface area contributed by atoms with Gasteiger partial charge in [-0.25, -0.2) is 5.01 Å². The highest BCUT2D eigenvalue weighted by Gasteiger charge is 2.31. The fraction of sp³-hybridized carbons (Fsp3) is 0.130. The maximum Gasteiger partial charge on any atom is 0.416 e. The molecule has 1 amide bonds. The van der Waals surface area contributed by atoms with Crippen LogP contribution in [-0.2, 0) is 11.0 Å². The standard InChI is InChI=1S/C23H17F3N4O3S/c1-15-19(10-11-32-15)21-28-29-22(33-21)34-14-20(31)30(27-13-16-6-3-2-4-7-16)18-9-5-8-17(12-18)23(24,25)26/h2-13H,14H2,1H3/b27-13+. The number of thioether (sulfide) groups is 1. The van der Waals surface area contributed by atoms with E-state index in [2.05, 4.69) is 15.3 Å². The number of hydrogen-bond donors (Lipinski definition) is 0. The summed E-state index contributed by atoms with van der Waals surface area (Å²) in [5, 5.41) is 13.0. The summed E-state index contributed by atoms with van der Waals surface area (Å²) in [6.07, 6.45) is -1.67. The van der Waals surface area contributed by atoms with Crippen molar-refractivity contribution in [3.63, 3.8) is 0 Å². The van der Waals surface area contributed by atoms with Crippen molar-refractivity contribution in [2.75, 3.05) is 10.8 Å². The van der Waals surface area contributed by atoms with Crippen LogP contribution in [0.5, 0.6) is 0 Å². The monoisotopic (exact) mass is 486 g/mol. The van der Waals surface area contributed by atoms with Crippen molar-refractivity contribution in [1.29, 1.82) is 0 Å². The minimum absolute atomic E-state index is 0.0205. The Bertz CT molecular complexity index is 1300. The molecule has 0 bridgehead atoms. The van der Waals surface area contributed by atoms with Crippen LogP contribution in [0.2, 0.25) is 0 Å². The van der Waals surface area contributed by atoms with Crippen molar-refractivity contribution in [3.8, 4) is 11.5 Å². The minimum Gasteiger partial charge on any atom is -0.469 e. The van der Waals surface area contributed by atoms with Gasteiger partial charge in [0.25, 0.3) is 17.0 Å². The number of rotatable bonds is 7. The molecule has 2 heterocycles. The SMILES string of the molecule is Cc1occc1-c1nnc(SCC(=O)N(/N=C/c2ccccc2)c2cccc(C(F)(F)F)c2)o1. The van der Waals surface area contributed by atoms with Gasteiger partial charge in [0.1, 0.15) is 5.76 Å². The zero-order valence-electron chi connectivity index (χ0n) is 17.7. The van der Waals surface area contributed by atoms with Gasteiger partial charge < -0.3 is 8.83 Å². The maximum absolute atomic E-state index is 13.2. The molecular formula is C23H17F3N4O3S. The van der Waals surface area contributed by atoms with Crippen LogP contribution in [0.25, 0.3) is 11.5 Å². The summed E-state index contributed by atoms with van der Waals surface area (Å²) in [6.45, 7) is 1.74. The second-order valence-corrected chi connectivity index (χ2v) is 7.89. The minimum atomic E-state index is -4.56. The number of furan rings is 1. The molecule has 11 heteroatoms. The van der Waals surface area contributed by atoms with Crippen LogP contribution in [0.1, 0.15) is 16.9 Å². The van der Waals surface area contributed by atoms with Crippen LogP contribution in [0.15, 0.2) is 86.1 Å². The third-order valence-electron chi connectivity index (χ3n) is 4.59. The molecule has 2 aromatic carbocycles. The fourth-order valence-electron chi connectivity index (χ4n) is 2.92. The normalized spacial score (nSPS) is 11.8. The molecule has 2 aromatic heterocycles. The average molecular weight is 486 g/mol. The van der Waals surface area contributed by atoms with E-state index < -0.39 is 17.6 Å². The second kappa shape index (κ2) is 9.96. The number of hydrazone groups is 1. The van der Waals surface area contributed by atoms with Gasteiger partial charge in [-0.1, -0.05) is 48.2 Å². The molecule has 0 aliphatic carbocycles. The fourth-order valence-corrected chi connectivity index (χ4v) is 3.53. The van der Waals surface area contributed by atoms with Crippen molar-refractivity contribution in [2.24, 2.45) is 5.10 Å². The van der Waals surface area contributed by atoms with Gasteiger partial charge in [-0.2, -0.15) is 18.3 Å². The first-order valence-electron chi connectivity index (χ1n) is 9.91. The summed E-state index contributed by atoms with van der Waals surface area (Å²) < 4.78 is 50.4. The van der Waals surface area contributed by atoms with Crippen LogP contribution in [0, 0.1) is 6.92 Å². The molecule has 0 unspecified atom stereocenters. The molecule has 0 saturated heterocycles. The van der Waals surface area contributed by atoms with Gasteiger partial charge in [-0.05, 0) is 36.8 Å². The number of carbonyl (C=O) groups excluding carboxylic acids is 1. The Morgan fingerprint density at radius 2 is 1.91 bits per heavy atom. The lowest BCUT2D eigenvalue weighted by Crippen LogP contribution is -2.27. The molecule has 4 rings (SSSR count). The molecule has 0 radical (unpaired) electrons. The van der Waals surface area contributed by atoms with Crippen molar-refractivity contribution < 1.29 is 26.8 Å². The van der Waals surface area contributed by atoms with Gasteiger partial charge in [0, 0.05) is 0 Å². The Hall–Kier alpha value is -3.86. The van der Waals surface area contributed by atoms with Crippen LogP contribution >= 0.6 is 11.8 Å². The molecule has 0 saturated carbocycles. The highest BCUT2D eigenvalue weighted by atomic mass is 32.2. The smallest absolute Gasteiger partial charge is 0.416 e. The first-order chi connectivity index (χ1) is 16.3. The van der Waals surface area contributed by atoms with E-state index in [9.17, 15) is 18.0 Å². The van der Waals surface area contributed by atoms with Gasteiger partial charge >= 0.3 is 6.18 Å². The molecular weight excluding hydrogens is 469 g/mol. The third-order valence-corrected chi connectivity index (χ3v) is 5.39. The summed E-state index contributed by atoms with van der Waals surface area (Å²) in [6, 6.07) is 15.0. The number of nitrogens with zero attached hydrogens (tertiary/aromatic N) is 4. The zero-order valence-corrected chi connectivity index (χ0v) is 18.5. The number of amides is 1. The van der Waals surface area contributed by atoms with E-state index >= 15 is 0 Å². The van der Waals surface area contributed by atoms with E-state index in [-0.39, 0.29) is 22.6 Å². The molecule has 0 fully saturated rings. The second-order valence-electron chi connectivity index (χ2n) is 6.96. The van der Waals surface area contributed by atoms with E-state index in [1.807, 2.05) is 6.07 Å². The number of benzene rings is 2. The number of anilines is 1. The number of hydrogen-bond acceptors (Lipinski definition) is 7. The van der Waals surface area contributed by atoms with Crippen LogP contribution in [-0.4, -0.2) is 28.1 Å². The number of carbonyl (C=O) groups is 1. The summed E-state index contributed by atoms with van der Waals surface area (Å²) in [5.41, 5.74) is 0.399. The van der Waals surface area contributed by atoms with Gasteiger partial charge in [0.15, 0.2) is 0 Å². The number of aryl methyl sites for hydroxylation is 1. The molecule has 0 aliphatic heterocycles. The molecule has 7 nitrogen and oxygen atoms in total. The molecule has 0 atom stereocenters. The van der Waals surface area contributed by atoms with Crippen molar-refractivity contribution in [2.45, 2.75) is 18.3 Å². The number of halogens is 3. The quantitative estimate of drug-likeness (QED) is 0.186. The van der Waals surface area contributed by atoms with Crippen molar-refractivity contribution in [3.05, 3.63) is 83.8 Å². The summed E-state index contributed by atoms with van der Waals surface area (Å²) >= 11 is 0.949. The molecule has 174 valence electrons.